The molecule has 1 aliphatic carbocycles. The average Bonchev–Trinajstić information content (AvgIpc) is 2.83. The summed E-state index contributed by atoms with van der Waals surface area (Å²) in [6, 6.07) is 0.264. The molecular formula is C14H22N4O2S. The first-order valence-corrected chi connectivity index (χ1v) is 8.06. The van der Waals surface area contributed by atoms with Crippen LogP contribution in [0.5, 0.6) is 0 Å². The number of aryl methyl sites for hydroxylation is 1. The molecular weight excluding hydrogens is 288 g/mol. The molecule has 2 rings (SSSR count). The molecule has 0 unspecified atom stereocenters. The van der Waals surface area contributed by atoms with E-state index in [1.54, 1.807) is 11.8 Å². The van der Waals surface area contributed by atoms with Crippen LogP contribution in [0.2, 0.25) is 0 Å². The van der Waals surface area contributed by atoms with Crippen molar-refractivity contribution in [2.24, 2.45) is 0 Å². The molecule has 1 aliphatic rings. The lowest BCUT2D eigenvalue weighted by molar-refractivity contribution is -0.130. The first-order valence-electron chi connectivity index (χ1n) is 7.18. The van der Waals surface area contributed by atoms with E-state index in [9.17, 15) is 9.59 Å². The Hall–Kier alpha value is -1.63. The van der Waals surface area contributed by atoms with Gasteiger partial charge >= 0.3 is 6.03 Å². The largest absolute Gasteiger partial charge is 0.343 e. The maximum Gasteiger partial charge on any atom is 0.321 e. The second-order valence-electron chi connectivity index (χ2n) is 5.53. The van der Waals surface area contributed by atoms with E-state index in [0.717, 1.165) is 31.4 Å². The van der Waals surface area contributed by atoms with Gasteiger partial charge in [-0.3, -0.25) is 10.1 Å². The van der Waals surface area contributed by atoms with Gasteiger partial charge in [0.05, 0.1) is 5.69 Å². The molecule has 6 nitrogen and oxygen atoms in total. The fraction of sp³-hybridized carbons (Fsp3) is 0.643. The molecule has 3 amide bonds. The number of aromatic nitrogens is 1. The lowest BCUT2D eigenvalue weighted by atomic mass is 9.90. The monoisotopic (exact) mass is 310 g/mol. The van der Waals surface area contributed by atoms with Gasteiger partial charge in [0, 0.05) is 31.4 Å². The number of anilines is 1. The van der Waals surface area contributed by atoms with E-state index in [1.165, 1.54) is 11.3 Å². The van der Waals surface area contributed by atoms with Crippen molar-refractivity contribution in [1.29, 1.82) is 0 Å². The van der Waals surface area contributed by atoms with Crippen LogP contribution in [0.1, 0.15) is 38.3 Å². The summed E-state index contributed by atoms with van der Waals surface area (Å²) in [7, 11) is 1.85. The number of nitrogens with zero attached hydrogens (tertiary/aromatic N) is 2. The molecule has 0 spiro atoms. The van der Waals surface area contributed by atoms with E-state index < -0.39 is 0 Å². The van der Waals surface area contributed by atoms with E-state index in [0.29, 0.717) is 11.2 Å². The molecule has 1 heterocycles. The molecule has 0 bridgehead atoms. The number of urea groups is 1. The van der Waals surface area contributed by atoms with Crippen molar-refractivity contribution in [3.05, 3.63) is 11.1 Å². The molecule has 1 aromatic rings. The zero-order valence-corrected chi connectivity index (χ0v) is 13.5. The minimum absolute atomic E-state index is 0.100. The molecule has 0 aromatic carbocycles. The Morgan fingerprint density at radius 2 is 2.00 bits per heavy atom. The fourth-order valence-corrected chi connectivity index (χ4v) is 3.28. The lowest BCUT2D eigenvalue weighted by Gasteiger charge is -2.34. The summed E-state index contributed by atoms with van der Waals surface area (Å²) < 4.78 is 0. The number of hydrogen-bond donors (Lipinski definition) is 2. The van der Waals surface area contributed by atoms with E-state index in [2.05, 4.69) is 15.6 Å². The maximum atomic E-state index is 11.9. The highest BCUT2D eigenvalue weighted by molar-refractivity contribution is 7.13. The van der Waals surface area contributed by atoms with Crippen LogP contribution in [-0.2, 0) is 4.79 Å². The number of amides is 3. The Kier molecular flexibility index (Phi) is 5.17. The predicted molar refractivity (Wildman–Crippen MR) is 83.5 cm³/mol. The SMILES string of the molecule is CC(=O)N(C)C1CCC(NC(=O)Nc2nc(C)cs2)CC1. The van der Waals surface area contributed by atoms with Crippen molar-refractivity contribution in [2.75, 3.05) is 12.4 Å². The van der Waals surface area contributed by atoms with Gasteiger partial charge in [-0.1, -0.05) is 0 Å². The molecule has 0 atom stereocenters. The van der Waals surface area contributed by atoms with E-state index in [1.807, 2.05) is 19.4 Å². The number of rotatable bonds is 3. The van der Waals surface area contributed by atoms with Gasteiger partial charge in [0.2, 0.25) is 5.91 Å². The molecule has 7 heteroatoms. The summed E-state index contributed by atoms with van der Waals surface area (Å²) in [6.07, 6.45) is 3.65. The summed E-state index contributed by atoms with van der Waals surface area (Å²) >= 11 is 1.42. The van der Waals surface area contributed by atoms with Crippen LogP contribution in [0.4, 0.5) is 9.93 Å². The van der Waals surface area contributed by atoms with Crippen molar-refractivity contribution in [1.82, 2.24) is 15.2 Å². The number of nitrogens with one attached hydrogen (secondary N) is 2. The van der Waals surface area contributed by atoms with Crippen LogP contribution in [0.3, 0.4) is 0 Å². The third-order valence-corrected chi connectivity index (χ3v) is 4.79. The second-order valence-corrected chi connectivity index (χ2v) is 6.39. The summed E-state index contributed by atoms with van der Waals surface area (Å²) in [6.45, 7) is 3.49. The zero-order valence-electron chi connectivity index (χ0n) is 12.7. The van der Waals surface area contributed by atoms with Crippen molar-refractivity contribution >= 4 is 28.4 Å². The van der Waals surface area contributed by atoms with Gasteiger partial charge in [-0.25, -0.2) is 9.78 Å². The van der Waals surface area contributed by atoms with Crippen molar-refractivity contribution < 1.29 is 9.59 Å². The van der Waals surface area contributed by atoms with Gasteiger partial charge in [-0.2, -0.15) is 0 Å². The standard InChI is InChI=1S/C14H22N4O2S/c1-9-8-21-14(15-9)17-13(20)16-11-4-6-12(7-5-11)18(3)10(2)19/h8,11-12H,4-7H2,1-3H3,(H2,15,16,17,20). The molecule has 0 saturated heterocycles. The highest BCUT2D eigenvalue weighted by atomic mass is 32.1. The first-order chi connectivity index (χ1) is 9.95. The van der Waals surface area contributed by atoms with Gasteiger partial charge < -0.3 is 10.2 Å². The maximum absolute atomic E-state index is 11.9. The molecule has 0 radical (unpaired) electrons. The predicted octanol–water partition coefficient (Wildman–Crippen LogP) is 2.36. The smallest absolute Gasteiger partial charge is 0.321 e. The zero-order chi connectivity index (χ0) is 15.4. The van der Waals surface area contributed by atoms with Gasteiger partial charge in [-0.15, -0.1) is 11.3 Å². The van der Waals surface area contributed by atoms with Crippen LogP contribution >= 0.6 is 11.3 Å². The molecule has 21 heavy (non-hydrogen) atoms. The third-order valence-electron chi connectivity index (χ3n) is 3.92. The highest BCUT2D eigenvalue weighted by Crippen LogP contribution is 2.22. The van der Waals surface area contributed by atoms with Gasteiger partial charge in [0.15, 0.2) is 5.13 Å². The van der Waals surface area contributed by atoms with Crippen molar-refractivity contribution in [2.45, 2.75) is 51.6 Å². The van der Waals surface area contributed by atoms with E-state index in [4.69, 9.17) is 0 Å². The quantitative estimate of drug-likeness (QED) is 0.900. The lowest BCUT2D eigenvalue weighted by Crippen LogP contribution is -2.45. The fourth-order valence-electron chi connectivity index (χ4n) is 2.59. The van der Waals surface area contributed by atoms with Crippen LogP contribution < -0.4 is 10.6 Å². The second kappa shape index (κ2) is 6.89. The van der Waals surface area contributed by atoms with Crippen LogP contribution in [0.25, 0.3) is 0 Å². The van der Waals surface area contributed by atoms with Gasteiger partial charge in [0.25, 0.3) is 0 Å². The number of carbonyl (C=O) groups is 2. The Labute approximate surface area is 128 Å². The Morgan fingerprint density at radius 1 is 1.33 bits per heavy atom. The molecule has 0 aliphatic heterocycles. The van der Waals surface area contributed by atoms with E-state index in [-0.39, 0.29) is 18.0 Å². The summed E-state index contributed by atoms with van der Waals surface area (Å²) in [5.41, 5.74) is 0.906. The molecule has 2 N–H and O–H groups in total. The van der Waals surface area contributed by atoms with Crippen LogP contribution in [-0.4, -0.2) is 41.0 Å². The Balaban J connectivity index is 1.75. The van der Waals surface area contributed by atoms with Crippen molar-refractivity contribution in [3.8, 4) is 0 Å². The minimum atomic E-state index is -0.201. The minimum Gasteiger partial charge on any atom is -0.343 e. The number of carbonyl (C=O) groups excluding carboxylic acids is 2. The highest BCUT2D eigenvalue weighted by Gasteiger charge is 2.26. The number of hydrogen-bond acceptors (Lipinski definition) is 4. The Morgan fingerprint density at radius 3 is 2.52 bits per heavy atom. The summed E-state index contributed by atoms with van der Waals surface area (Å²) in [5.74, 6) is 0.100. The van der Waals surface area contributed by atoms with Gasteiger partial charge in [-0.05, 0) is 32.6 Å². The summed E-state index contributed by atoms with van der Waals surface area (Å²) in [4.78, 5) is 29.2. The first kappa shape index (κ1) is 15.8. The third kappa shape index (κ3) is 4.42. The molecule has 1 fully saturated rings. The van der Waals surface area contributed by atoms with Gasteiger partial charge in [0.1, 0.15) is 0 Å². The van der Waals surface area contributed by atoms with Crippen LogP contribution in [0.15, 0.2) is 5.38 Å². The molecule has 116 valence electrons. The van der Waals surface area contributed by atoms with Crippen LogP contribution in [0, 0.1) is 6.92 Å². The Bertz CT molecular complexity index is 509. The van der Waals surface area contributed by atoms with Crippen molar-refractivity contribution in [3.63, 3.8) is 0 Å². The molecule has 1 aromatic heterocycles. The average molecular weight is 310 g/mol. The topological polar surface area (TPSA) is 74.3 Å². The number of thiazole rings is 1. The summed E-state index contributed by atoms with van der Waals surface area (Å²) in [5, 5.41) is 8.26. The molecule has 1 saturated carbocycles. The van der Waals surface area contributed by atoms with E-state index >= 15 is 0 Å². The normalized spacial score (nSPS) is 21.7.